The molecule has 0 amide bonds. The Morgan fingerprint density at radius 2 is 1.63 bits per heavy atom. The predicted molar refractivity (Wildman–Crippen MR) is 79.4 cm³/mol. The first kappa shape index (κ1) is 15.5. The zero-order chi connectivity index (χ0) is 14.1. The average molecular weight is 263 g/mol. The summed E-state index contributed by atoms with van der Waals surface area (Å²) in [4.78, 5) is 12.1. The lowest BCUT2D eigenvalue weighted by atomic mass is 10.1. The van der Waals surface area contributed by atoms with Crippen LogP contribution >= 0.6 is 0 Å². The summed E-state index contributed by atoms with van der Waals surface area (Å²) in [6.07, 6.45) is 4.12. The molecule has 3 nitrogen and oxygen atoms in total. The van der Waals surface area contributed by atoms with Crippen LogP contribution in [0.4, 0.5) is 5.69 Å². The zero-order valence-electron chi connectivity index (χ0n) is 12.3. The van der Waals surface area contributed by atoms with Crippen molar-refractivity contribution in [2.75, 3.05) is 18.0 Å². The molecule has 19 heavy (non-hydrogen) atoms. The lowest BCUT2D eigenvalue weighted by Gasteiger charge is -2.28. The molecule has 2 rings (SSSR count). The fourth-order valence-electron chi connectivity index (χ4n) is 1.94. The number of rotatable bonds is 2. The van der Waals surface area contributed by atoms with Crippen LogP contribution in [0.3, 0.4) is 0 Å². The Hall–Kier alpha value is -1.51. The Labute approximate surface area is 116 Å². The van der Waals surface area contributed by atoms with E-state index in [0.717, 1.165) is 0 Å². The summed E-state index contributed by atoms with van der Waals surface area (Å²) < 4.78 is 4.55. The van der Waals surface area contributed by atoms with Gasteiger partial charge in [0.2, 0.25) is 0 Å². The molecular weight excluding hydrogens is 238 g/mol. The van der Waals surface area contributed by atoms with Gasteiger partial charge in [0.1, 0.15) is 5.60 Å². The maximum absolute atomic E-state index is 9.60. The Morgan fingerprint density at radius 1 is 1.05 bits per heavy atom. The third kappa shape index (κ3) is 6.85. The van der Waals surface area contributed by atoms with Crippen molar-refractivity contribution < 1.29 is 9.53 Å². The van der Waals surface area contributed by atoms with Crippen molar-refractivity contribution in [3.05, 3.63) is 30.3 Å². The van der Waals surface area contributed by atoms with Crippen LogP contribution in [-0.2, 0) is 9.53 Å². The molecule has 106 valence electrons. The lowest BCUT2D eigenvalue weighted by Crippen LogP contribution is -2.29. The van der Waals surface area contributed by atoms with E-state index < -0.39 is 0 Å². The third-order valence-corrected chi connectivity index (χ3v) is 2.88. The van der Waals surface area contributed by atoms with E-state index >= 15 is 0 Å². The molecule has 0 aromatic heterocycles. The number of para-hydroxylation sites is 1. The maximum Gasteiger partial charge on any atom is 0.293 e. The highest BCUT2D eigenvalue weighted by Gasteiger charge is 2.09. The van der Waals surface area contributed by atoms with Crippen LogP contribution in [0.1, 0.15) is 40.0 Å². The van der Waals surface area contributed by atoms with E-state index in [4.69, 9.17) is 0 Å². The number of carbonyl (C=O) groups excluding carboxylic acids is 1. The van der Waals surface area contributed by atoms with Crippen molar-refractivity contribution >= 4 is 12.2 Å². The normalized spacial score (nSPS) is 15.2. The van der Waals surface area contributed by atoms with E-state index in [9.17, 15) is 4.79 Å². The van der Waals surface area contributed by atoms with Gasteiger partial charge in [0.25, 0.3) is 6.47 Å². The van der Waals surface area contributed by atoms with E-state index in [0.29, 0.717) is 6.47 Å². The SMILES string of the molecule is CC(C)(C)OC=O.c1ccc(N2CCCCC2)cc1. The van der Waals surface area contributed by atoms with Gasteiger partial charge in [0.15, 0.2) is 0 Å². The molecular formula is C16H25NO2. The van der Waals surface area contributed by atoms with Crippen molar-refractivity contribution in [1.82, 2.24) is 0 Å². The minimum atomic E-state index is -0.318. The second-order valence-electron chi connectivity index (χ2n) is 5.71. The number of nitrogens with zero attached hydrogens (tertiary/aromatic N) is 1. The number of anilines is 1. The van der Waals surface area contributed by atoms with Gasteiger partial charge in [-0.1, -0.05) is 18.2 Å². The number of hydrogen-bond acceptors (Lipinski definition) is 3. The highest BCUT2D eigenvalue weighted by atomic mass is 16.5. The summed E-state index contributed by atoms with van der Waals surface area (Å²) >= 11 is 0. The molecule has 0 unspecified atom stereocenters. The number of benzene rings is 1. The molecule has 0 spiro atoms. The monoisotopic (exact) mass is 263 g/mol. The molecule has 1 heterocycles. The quantitative estimate of drug-likeness (QED) is 0.763. The number of piperidine rings is 1. The molecule has 1 aromatic carbocycles. The average Bonchev–Trinajstić information content (AvgIpc) is 2.40. The highest BCUT2D eigenvalue weighted by molar-refractivity contribution is 5.46. The molecule has 0 N–H and O–H groups in total. The summed E-state index contributed by atoms with van der Waals surface area (Å²) in [5.74, 6) is 0. The lowest BCUT2D eigenvalue weighted by molar-refractivity contribution is -0.138. The minimum absolute atomic E-state index is 0.318. The number of hydrogen-bond donors (Lipinski definition) is 0. The predicted octanol–water partition coefficient (Wildman–Crippen LogP) is 3.63. The van der Waals surface area contributed by atoms with E-state index in [1.54, 1.807) is 0 Å². The number of carbonyl (C=O) groups is 1. The van der Waals surface area contributed by atoms with Crippen LogP contribution in [0.5, 0.6) is 0 Å². The van der Waals surface area contributed by atoms with Crippen LogP contribution in [0.15, 0.2) is 30.3 Å². The van der Waals surface area contributed by atoms with Gasteiger partial charge >= 0.3 is 0 Å². The standard InChI is InChI=1S/C11H15N.C5H10O2/c1-3-7-11(8-4-1)12-9-5-2-6-10-12;1-5(2,3)7-4-6/h1,3-4,7-8H,2,5-6,9-10H2;4H,1-3H3. The second-order valence-corrected chi connectivity index (χ2v) is 5.71. The molecule has 3 heteroatoms. The van der Waals surface area contributed by atoms with Crippen molar-refractivity contribution in [2.45, 2.75) is 45.6 Å². The first-order valence-electron chi connectivity index (χ1n) is 6.94. The van der Waals surface area contributed by atoms with E-state index in [2.05, 4.69) is 40.0 Å². The third-order valence-electron chi connectivity index (χ3n) is 2.88. The van der Waals surface area contributed by atoms with Crippen molar-refractivity contribution in [3.63, 3.8) is 0 Å². The fourth-order valence-corrected chi connectivity index (χ4v) is 1.94. The summed E-state index contributed by atoms with van der Waals surface area (Å²) in [6, 6.07) is 10.7. The largest absolute Gasteiger partial charge is 0.462 e. The van der Waals surface area contributed by atoms with Gasteiger partial charge in [-0.05, 0) is 52.2 Å². The molecule has 0 aliphatic carbocycles. The molecule has 1 fully saturated rings. The first-order valence-corrected chi connectivity index (χ1v) is 6.94. The molecule has 1 aliphatic rings. The molecule has 1 aromatic rings. The topological polar surface area (TPSA) is 29.5 Å². The Morgan fingerprint density at radius 3 is 2.05 bits per heavy atom. The van der Waals surface area contributed by atoms with Gasteiger partial charge in [-0.15, -0.1) is 0 Å². The Kier molecular flexibility index (Phi) is 6.40. The van der Waals surface area contributed by atoms with Gasteiger partial charge in [-0.3, -0.25) is 4.79 Å². The second kappa shape index (κ2) is 7.82. The molecule has 0 atom stereocenters. The molecule has 0 radical (unpaired) electrons. The summed E-state index contributed by atoms with van der Waals surface area (Å²) in [7, 11) is 0. The van der Waals surface area contributed by atoms with Crippen molar-refractivity contribution in [2.24, 2.45) is 0 Å². The van der Waals surface area contributed by atoms with E-state index in [1.807, 2.05) is 20.8 Å². The van der Waals surface area contributed by atoms with Gasteiger partial charge in [0.05, 0.1) is 0 Å². The van der Waals surface area contributed by atoms with Gasteiger partial charge in [0, 0.05) is 18.8 Å². The molecule has 1 aliphatic heterocycles. The van der Waals surface area contributed by atoms with E-state index in [-0.39, 0.29) is 5.60 Å². The number of ether oxygens (including phenoxy) is 1. The summed E-state index contributed by atoms with van der Waals surface area (Å²) in [6.45, 7) is 8.40. The van der Waals surface area contributed by atoms with Gasteiger partial charge in [-0.2, -0.15) is 0 Å². The van der Waals surface area contributed by atoms with E-state index in [1.165, 1.54) is 38.0 Å². The minimum Gasteiger partial charge on any atom is -0.462 e. The Balaban J connectivity index is 0.000000224. The van der Waals surface area contributed by atoms with Crippen LogP contribution in [0, 0.1) is 0 Å². The summed E-state index contributed by atoms with van der Waals surface area (Å²) in [5.41, 5.74) is 1.07. The van der Waals surface area contributed by atoms with Gasteiger partial charge < -0.3 is 9.64 Å². The van der Waals surface area contributed by atoms with Crippen LogP contribution in [0.25, 0.3) is 0 Å². The van der Waals surface area contributed by atoms with Crippen LogP contribution < -0.4 is 4.90 Å². The highest BCUT2D eigenvalue weighted by Crippen LogP contribution is 2.18. The maximum atomic E-state index is 9.60. The zero-order valence-corrected chi connectivity index (χ0v) is 12.3. The van der Waals surface area contributed by atoms with Gasteiger partial charge in [-0.25, -0.2) is 0 Å². The van der Waals surface area contributed by atoms with Crippen molar-refractivity contribution in [3.8, 4) is 0 Å². The molecule has 0 bridgehead atoms. The van der Waals surface area contributed by atoms with Crippen LogP contribution in [-0.4, -0.2) is 25.2 Å². The first-order chi connectivity index (χ1) is 9.03. The summed E-state index contributed by atoms with van der Waals surface area (Å²) in [5, 5.41) is 0. The fraction of sp³-hybridized carbons (Fsp3) is 0.562. The van der Waals surface area contributed by atoms with Crippen molar-refractivity contribution in [1.29, 1.82) is 0 Å². The molecule has 0 saturated carbocycles. The molecule has 1 saturated heterocycles. The Bertz CT molecular complexity index is 351. The van der Waals surface area contributed by atoms with Crippen LogP contribution in [0.2, 0.25) is 0 Å². The smallest absolute Gasteiger partial charge is 0.293 e.